The topological polar surface area (TPSA) is 78.9 Å². The van der Waals surface area contributed by atoms with Crippen LogP contribution in [0.5, 0.6) is 0 Å². The molecule has 63 heavy (non-hydrogen) atoms. The second-order valence-electron chi connectivity index (χ2n) is 17.8. The third-order valence-corrected chi connectivity index (χ3v) is 11.5. The molecule has 0 fully saturated rings. The number of carbonyl (C=O) groups excluding carboxylic acids is 3. The first kappa shape index (κ1) is 60.1. The Morgan fingerprint density at radius 2 is 0.619 bits per heavy atom. The lowest BCUT2D eigenvalue weighted by molar-refractivity contribution is -0.167. The molecule has 0 aliphatic heterocycles. The van der Waals surface area contributed by atoms with Crippen molar-refractivity contribution in [1.82, 2.24) is 0 Å². The summed E-state index contributed by atoms with van der Waals surface area (Å²) in [7, 11) is 0. The van der Waals surface area contributed by atoms with Gasteiger partial charge in [-0.05, 0) is 83.5 Å². The molecule has 1 atom stereocenters. The van der Waals surface area contributed by atoms with E-state index >= 15 is 0 Å². The summed E-state index contributed by atoms with van der Waals surface area (Å²) in [6.07, 6.45) is 63.4. The molecule has 0 radical (unpaired) electrons. The summed E-state index contributed by atoms with van der Waals surface area (Å²) in [5, 5.41) is 0. The van der Waals surface area contributed by atoms with Crippen LogP contribution >= 0.6 is 0 Å². The van der Waals surface area contributed by atoms with E-state index < -0.39 is 6.10 Å². The minimum absolute atomic E-state index is 0.0838. The molecule has 6 nitrogen and oxygen atoms in total. The van der Waals surface area contributed by atoms with Gasteiger partial charge in [-0.25, -0.2) is 0 Å². The lowest BCUT2D eigenvalue weighted by Gasteiger charge is -2.18. The molecule has 0 spiro atoms. The first-order valence-electron chi connectivity index (χ1n) is 26.8. The van der Waals surface area contributed by atoms with Crippen LogP contribution in [0.1, 0.15) is 265 Å². The van der Waals surface area contributed by atoms with Crippen LogP contribution in [0.25, 0.3) is 0 Å². The Labute approximate surface area is 390 Å². The third kappa shape index (κ3) is 50.0. The van der Waals surface area contributed by atoms with Crippen molar-refractivity contribution in [3.05, 3.63) is 60.8 Å². The van der Waals surface area contributed by atoms with E-state index in [2.05, 4.69) is 81.5 Å². The van der Waals surface area contributed by atoms with E-state index in [1.165, 1.54) is 109 Å². The van der Waals surface area contributed by atoms with Crippen LogP contribution in [0.3, 0.4) is 0 Å². The van der Waals surface area contributed by atoms with Gasteiger partial charge in [0.1, 0.15) is 13.2 Å². The summed E-state index contributed by atoms with van der Waals surface area (Å²) >= 11 is 0. The summed E-state index contributed by atoms with van der Waals surface area (Å²) < 4.78 is 16.8. The predicted molar refractivity (Wildman–Crippen MR) is 270 cm³/mol. The van der Waals surface area contributed by atoms with Crippen molar-refractivity contribution in [2.75, 3.05) is 13.2 Å². The molecule has 0 aromatic rings. The van der Waals surface area contributed by atoms with Gasteiger partial charge in [0.05, 0.1) is 0 Å². The maximum absolute atomic E-state index is 12.8. The van der Waals surface area contributed by atoms with E-state index in [1.807, 2.05) is 0 Å². The van der Waals surface area contributed by atoms with E-state index in [0.717, 1.165) is 116 Å². The molecular weight excluding hydrogens is 781 g/mol. The Bertz CT molecular complexity index is 1150. The monoisotopic (exact) mass is 881 g/mol. The Morgan fingerprint density at radius 3 is 1.00 bits per heavy atom. The Balaban J connectivity index is 4.41. The highest BCUT2D eigenvalue weighted by atomic mass is 16.6. The standard InChI is InChI=1S/C57H100O6/c1-4-7-10-13-16-19-22-25-28-31-34-37-40-43-46-49-55(58)61-52-54(63-57(60)51-48-45-42-39-36-33-30-27-24-21-18-15-12-9-6-3)53-62-56(59)50-47-44-41-38-35-32-29-26-23-20-17-14-11-8-5-2/h9,12,16,18-19,21,25,27-28,30,54H,4-8,10-11,13-15,17,20,22-24,26,29,31-53H2,1-3H3/b12-9-,19-16-,21-18-,28-25-,30-27-/t54-/m1/s1. The molecule has 0 rings (SSSR count). The summed E-state index contributed by atoms with van der Waals surface area (Å²) in [4.78, 5) is 38.0. The molecule has 0 unspecified atom stereocenters. The molecule has 0 aliphatic carbocycles. The number of allylic oxidation sites excluding steroid dienone is 10. The van der Waals surface area contributed by atoms with Gasteiger partial charge in [-0.2, -0.15) is 0 Å². The maximum atomic E-state index is 12.8. The molecular formula is C57H100O6. The van der Waals surface area contributed by atoms with Crippen molar-refractivity contribution in [1.29, 1.82) is 0 Å². The number of esters is 3. The average Bonchev–Trinajstić information content (AvgIpc) is 3.28. The van der Waals surface area contributed by atoms with E-state index in [-0.39, 0.29) is 31.1 Å². The van der Waals surface area contributed by atoms with Gasteiger partial charge in [0.2, 0.25) is 0 Å². The summed E-state index contributed by atoms with van der Waals surface area (Å²) in [6.45, 7) is 6.49. The molecule has 0 bridgehead atoms. The fraction of sp³-hybridized carbons (Fsp3) is 0.772. The first-order valence-corrected chi connectivity index (χ1v) is 26.8. The van der Waals surface area contributed by atoms with E-state index in [1.54, 1.807) is 0 Å². The van der Waals surface area contributed by atoms with Crippen molar-refractivity contribution in [3.8, 4) is 0 Å². The highest BCUT2D eigenvalue weighted by Crippen LogP contribution is 2.15. The van der Waals surface area contributed by atoms with Gasteiger partial charge >= 0.3 is 17.9 Å². The van der Waals surface area contributed by atoms with Gasteiger partial charge in [0, 0.05) is 19.3 Å². The zero-order chi connectivity index (χ0) is 45.8. The van der Waals surface area contributed by atoms with Crippen molar-refractivity contribution < 1.29 is 28.6 Å². The number of hydrogen-bond donors (Lipinski definition) is 0. The molecule has 0 N–H and O–H groups in total. The maximum Gasteiger partial charge on any atom is 0.306 e. The largest absolute Gasteiger partial charge is 0.462 e. The second kappa shape index (κ2) is 51.7. The molecule has 6 heteroatoms. The Kier molecular flexibility index (Phi) is 49.4. The van der Waals surface area contributed by atoms with Gasteiger partial charge in [0.15, 0.2) is 6.10 Å². The molecule has 0 saturated carbocycles. The normalized spacial score (nSPS) is 12.5. The number of ether oxygens (including phenoxy) is 3. The number of rotatable bonds is 48. The summed E-state index contributed by atoms with van der Waals surface area (Å²) in [6, 6.07) is 0. The molecule has 0 aliphatic rings. The van der Waals surface area contributed by atoms with Crippen LogP contribution in [0, 0.1) is 0 Å². The number of carbonyl (C=O) groups is 3. The molecule has 364 valence electrons. The van der Waals surface area contributed by atoms with Gasteiger partial charge in [-0.15, -0.1) is 0 Å². The molecule has 0 aromatic carbocycles. The van der Waals surface area contributed by atoms with Crippen molar-refractivity contribution in [2.24, 2.45) is 0 Å². The molecule has 0 heterocycles. The van der Waals surface area contributed by atoms with Crippen molar-refractivity contribution >= 4 is 17.9 Å². The molecule has 0 aromatic heterocycles. The minimum atomic E-state index is -0.787. The lowest BCUT2D eigenvalue weighted by Crippen LogP contribution is -2.30. The summed E-state index contributed by atoms with van der Waals surface area (Å²) in [5.41, 5.74) is 0. The van der Waals surface area contributed by atoms with Crippen LogP contribution in [0.15, 0.2) is 60.8 Å². The van der Waals surface area contributed by atoms with E-state index in [0.29, 0.717) is 19.3 Å². The van der Waals surface area contributed by atoms with Gasteiger partial charge < -0.3 is 14.2 Å². The quantitative estimate of drug-likeness (QED) is 0.0262. The number of hydrogen-bond acceptors (Lipinski definition) is 6. The fourth-order valence-corrected chi connectivity index (χ4v) is 7.49. The average molecular weight is 881 g/mol. The molecule has 0 amide bonds. The van der Waals surface area contributed by atoms with Gasteiger partial charge in [-0.3, -0.25) is 14.4 Å². The third-order valence-electron chi connectivity index (χ3n) is 11.5. The van der Waals surface area contributed by atoms with Crippen LogP contribution in [-0.2, 0) is 28.6 Å². The van der Waals surface area contributed by atoms with Crippen molar-refractivity contribution in [2.45, 2.75) is 271 Å². The highest BCUT2D eigenvalue weighted by molar-refractivity contribution is 5.71. The van der Waals surface area contributed by atoms with Crippen LogP contribution < -0.4 is 0 Å². The Hall–Kier alpha value is -2.89. The highest BCUT2D eigenvalue weighted by Gasteiger charge is 2.19. The second-order valence-corrected chi connectivity index (χ2v) is 17.8. The van der Waals surface area contributed by atoms with Gasteiger partial charge in [-0.1, -0.05) is 223 Å². The Morgan fingerprint density at radius 1 is 0.333 bits per heavy atom. The number of unbranched alkanes of at least 4 members (excludes halogenated alkanes) is 27. The molecule has 0 saturated heterocycles. The lowest BCUT2D eigenvalue weighted by atomic mass is 10.0. The summed E-state index contributed by atoms with van der Waals surface area (Å²) in [5.74, 6) is -0.908. The zero-order valence-corrected chi connectivity index (χ0v) is 41.6. The first-order chi connectivity index (χ1) is 31.0. The van der Waals surface area contributed by atoms with E-state index in [4.69, 9.17) is 14.2 Å². The van der Waals surface area contributed by atoms with Crippen LogP contribution in [0.4, 0.5) is 0 Å². The van der Waals surface area contributed by atoms with Gasteiger partial charge in [0.25, 0.3) is 0 Å². The minimum Gasteiger partial charge on any atom is -0.462 e. The zero-order valence-electron chi connectivity index (χ0n) is 41.6. The fourth-order valence-electron chi connectivity index (χ4n) is 7.49. The predicted octanol–water partition coefficient (Wildman–Crippen LogP) is 17.6. The smallest absolute Gasteiger partial charge is 0.306 e. The van der Waals surface area contributed by atoms with E-state index in [9.17, 15) is 14.4 Å². The van der Waals surface area contributed by atoms with Crippen LogP contribution in [-0.4, -0.2) is 37.2 Å². The van der Waals surface area contributed by atoms with Crippen LogP contribution in [0.2, 0.25) is 0 Å². The SMILES string of the molecule is CC/C=C\C/C=C\C/C=C\CCCCCCCC(=O)O[C@H](COC(=O)CCCCCCC/C=C\C/C=C\CCCCC)COC(=O)CCCCCCCCCCCCCCCCC. The van der Waals surface area contributed by atoms with Crippen molar-refractivity contribution in [3.63, 3.8) is 0 Å².